The maximum atomic E-state index is 11.9. The van der Waals surface area contributed by atoms with Crippen molar-refractivity contribution in [1.82, 2.24) is 30.0 Å². The van der Waals surface area contributed by atoms with E-state index in [9.17, 15) is 4.79 Å². The monoisotopic (exact) mass is 298 g/mol. The lowest BCUT2D eigenvalue weighted by Crippen LogP contribution is -2.25. The molecule has 0 aliphatic rings. The molecular formula is C14H14N6O2. The number of carbonyl (C=O) groups is 1. The van der Waals surface area contributed by atoms with Crippen LogP contribution in [0, 0.1) is 0 Å². The van der Waals surface area contributed by atoms with Gasteiger partial charge < -0.3 is 14.4 Å². The summed E-state index contributed by atoms with van der Waals surface area (Å²) in [5.41, 5.74) is 0.748. The van der Waals surface area contributed by atoms with Crippen LogP contribution in [0.5, 0.6) is 0 Å². The molecule has 3 heterocycles. The summed E-state index contributed by atoms with van der Waals surface area (Å²) < 4.78 is 6.92. The molecule has 1 amide bonds. The number of aryl methyl sites for hydroxylation is 1. The molecule has 0 bridgehead atoms. The number of carbonyl (C=O) groups excluding carboxylic acids is 1. The molecule has 0 fully saturated rings. The molecule has 0 aromatic carbocycles. The Morgan fingerprint density at radius 2 is 2.09 bits per heavy atom. The van der Waals surface area contributed by atoms with E-state index in [2.05, 4.69) is 25.4 Å². The Morgan fingerprint density at radius 3 is 2.86 bits per heavy atom. The van der Waals surface area contributed by atoms with E-state index in [1.165, 1.54) is 0 Å². The van der Waals surface area contributed by atoms with E-state index in [4.69, 9.17) is 4.52 Å². The molecule has 112 valence electrons. The zero-order valence-electron chi connectivity index (χ0n) is 11.7. The quantitative estimate of drug-likeness (QED) is 0.685. The van der Waals surface area contributed by atoms with Gasteiger partial charge in [0.25, 0.3) is 0 Å². The highest BCUT2D eigenvalue weighted by Gasteiger charge is 2.15. The molecule has 0 atom stereocenters. The predicted octanol–water partition coefficient (Wildman–Crippen LogP) is 1.15. The molecule has 0 aliphatic carbocycles. The first-order valence-electron chi connectivity index (χ1n) is 6.81. The summed E-state index contributed by atoms with van der Waals surface area (Å²) in [6, 6.07) is 3.50. The van der Waals surface area contributed by atoms with Crippen LogP contribution >= 0.6 is 0 Å². The summed E-state index contributed by atoms with van der Waals surface area (Å²) in [5, 5.41) is 6.53. The normalized spacial score (nSPS) is 10.5. The SMILES string of the molecule is O=C(NCCCn1ccnc1)c1nc(-c2ccncc2)no1. The van der Waals surface area contributed by atoms with Crippen LogP contribution in [0.25, 0.3) is 11.4 Å². The Bertz CT molecular complexity index is 723. The van der Waals surface area contributed by atoms with Crippen molar-refractivity contribution in [3.8, 4) is 11.4 Å². The Morgan fingerprint density at radius 1 is 1.23 bits per heavy atom. The van der Waals surface area contributed by atoms with Crippen molar-refractivity contribution in [2.24, 2.45) is 0 Å². The van der Waals surface area contributed by atoms with Crippen molar-refractivity contribution in [3.63, 3.8) is 0 Å². The molecule has 3 rings (SSSR count). The van der Waals surface area contributed by atoms with Gasteiger partial charge in [-0.25, -0.2) is 4.98 Å². The van der Waals surface area contributed by atoms with Crippen LogP contribution in [-0.4, -0.2) is 37.1 Å². The minimum Gasteiger partial charge on any atom is -0.348 e. The Balaban J connectivity index is 1.51. The average Bonchev–Trinajstić information content (AvgIpc) is 3.24. The molecule has 0 radical (unpaired) electrons. The molecule has 8 heteroatoms. The number of aromatic nitrogens is 5. The second kappa shape index (κ2) is 6.61. The molecule has 8 nitrogen and oxygen atoms in total. The van der Waals surface area contributed by atoms with Crippen LogP contribution in [-0.2, 0) is 6.54 Å². The van der Waals surface area contributed by atoms with Gasteiger partial charge in [-0.15, -0.1) is 0 Å². The molecular weight excluding hydrogens is 284 g/mol. The molecule has 22 heavy (non-hydrogen) atoms. The van der Waals surface area contributed by atoms with E-state index in [1.807, 2.05) is 10.8 Å². The molecule has 0 spiro atoms. The highest BCUT2D eigenvalue weighted by Crippen LogP contribution is 2.13. The van der Waals surface area contributed by atoms with Crippen LogP contribution in [0.15, 0.2) is 47.8 Å². The van der Waals surface area contributed by atoms with Gasteiger partial charge in [-0.1, -0.05) is 5.16 Å². The van der Waals surface area contributed by atoms with E-state index in [0.29, 0.717) is 12.4 Å². The fraction of sp³-hybridized carbons (Fsp3) is 0.214. The van der Waals surface area contributed by atoms with Gasteiger partial charge in [0.05, 0.1) is 6.33 Å². The number of imidazole rings is 1. The lowest BCUT2D eigenvalue weighted by molar-refractivity contribution is 0.0909. The Labute approximate surface area is 126 Å². The van der Waals surface area contributed by atoms with Crippen molar-refractivity contribution in [1.29, 1.82) is 0 Å². The summed E-state index contributed by atoms with van der Waals surface area (Å²) in [4.78, 5) is 23.9. The number of hydrogen-bond acceptors (Lipinski definition) is 6. The van der Waals surface area contributed by atoms with Crippen LogP contribution in [0.1, 0.15) is 17.1 Å². The van der Waals surface area contributed by atoms with E-state index < -0.39 is 0 Å². The summed E-state index contributed by atoms with van der Waals surface area (Å²) >= 11 is 0. The fourth-order valence-corrected chi connectivity index (χ4v) is 1.89. The summed E-state index contributed by atoms with van der Waals surface area (Å²) in [6.07, 6.45) is 9.37. The van der Waals surface area contributed by atoms with Crippen LogP contribution in [0.3, 0.4) is 0 Å². The van der Waals surface area contributed by atoms with E-state index in [-0.39, 0.29) is 11.8 Å². The highest BCUT2D eigenvalue weighted by atomic mass is 16.5. The van der Waals surface area contributed by atoms with Crippen molar-refractivity contribution in [2.75, 3.05) is 6.54 Å². The van der Waals surface area contributed by atoms with Crippen LogP contribution in [0.4, 0.5) is 0 Å². The first-order chi connectivity index (χ1) is 10.8. The number of amides is 1. The fourth-order valence-electron chi connectivity index (χ4n) is 1.89. The second-order valence-corrected chi connectivity index (χ2v) is 4.57. The molecule has 0 unspecified atom stereocenters. The van der Waals surface area contributed by atoms with Crippen molar-refractivity contribution < 1.29 is 9.32 Å². The third-order valence-corrected chi connectivity index (χ3v) is 3.00. The molecule has 0 saturated carbocycles. The van der Waals surface area contributed by atoms with Gasteiger partial charge in [-0.2, -0.15) is 4.98 Å². The maximum absolute atomic E-state index is 11.9. The van der Waals surface area contributed by atoms with Gasteiger partial charge in [0.1, 0.15) is 0 Å². The Kier molecular flexibility index (Phi) is 4.19. The number of nitrogens with zero attached hydrogens (tertiary/aromatic N) is 5. The summed E-state index contributed by atoms with van der Waals surface area (Å²) in [6.45, 7) is 1.30. The predicted molar refractivity (Wildman–Crippen MR) is 76.7 cm³/mol. The van der Waals surface area contributed by atoms with Crippen molar-refractivity contribution >= 4 is 5.91 Å². The zero-order chi connectivity index (χ0) is 15.2. The van der Waals surface area contributed by atoms with Gasteiger partial charge in [-0.05, 0) is 18.6 Å². The zero-order valence-corrected chi connectivity index (χ0v) is 11.7. The smallest absolute Gasteiger partial charge is 0.316 e. The average molecular weight is 298 g/mol. The standard InChI is InChI=1S/C14H14N6O2/c21-13(17-4-1-8-20-9-7-16-10-20)14-18-12(19-22-14)11-2-5-15-6-3-11/h2-3,5-7,9-10H,1,4,8H2,(H,17,21). The van der Waals surface area contributed by atoms with E-state index in [1.54, 1.807) is 37.1 Å². The largest absolute Gasteiger partial charge is 0.348 e. The maximum Gasteiger partial charge on any atom is 0.316 e. The molecule has 3 aromatic rings. The summed E-state index contributed by atoms with van der Waals surface area (Å²) in [7, 11) is 0. The van der Waals surface area contributed by atoms with Crippen LogP contribution < -0.4 is 5.32 Å². The van der Waals surface area contributed by atoms with Gasteiger partial charge >= 0.3 is 11.8 Å². The minimum atomic E-state index is -0.376. The van der Waals surface area contributed by atoms with Gasteiger partial charge in [0.2, 0.25) is 5.82 Å². The van der Waals surface area contributed by atoms with Crippen molar-refractivity contribution in [2.45, 2.75) is 13.0 Å². The first-order valence-corrected chi connectivity index (χ1v) is 6.81. The minimum absolute atomic E-state index is 0.0468. The number of rotatable bonds is 6. The molecule has 0 saturated heterocycles. The topological polar surface area (TPSA) is 98.7 Å². The number of pyridine rings is 1. The third kappa shape index (κ3) is 3.35. The molecule has 3 aromatic heterocycles. The molecule has 1 N–H and O–H groups in total. The van der Waals surface area contributed by atoms with Gasteiger partial charge in [-0.3, -0.25) is 9.78 Å². The lowest BCUT2D eigenvalue weighted by Gasteiger charge is -2.02. The second-order valence-electron chi connectivity index (χ2n) is 4.57. The lowest BCUT2D eigenvalue weighted by atomic mass is 10.2. The van der Waals surface area contributed by atoms with Crippen LogP contribution in [0.2, 0.25) is 0 Å². The summed E-state index contributed by atoms with van der Waals surface area (Å²) in [5.74, 6) is -0.0566. The van der Waals surface area contributed by atoms with Crippen molar-refractivity contribution in [3.05, 3.63) is 49.1 Å². The number of hydrogen-bond donors (Lipinski definition) is 1. The Hall–Kier alpha value is -3.03. The third-order valence-electron chi connectivity index (χ3n) is 3.00. The van der Waals surface area contributed by atoms with Gasteiger partial charge in [0.15, 0.2) is 0 Å². The molecule has 0 aliphatic heterocycles. The van der Waals surface area contributed by atoms with Gasteiger partial charge in [0, 0.05) is 43.4 Å². The first kappa shape index (κ1) is 13.9. The number of nitrogens with one attached hydrogen (secondary N) is 1. The highest BCUT2D eigenvalue weighted by molar-refractivity contribution is 5.89. The van der Waals surface area contributed by atoms with E-state index >= 15 is 0 Å². The van der Waals surface area contributed by atoms with E-state index in [0.717, 1.165) is 18.5 Å².